The first-order valence-electron chi connectivity index (χ1n) is 9.53. The van der Waals surface area contributed by atoms with Gasteiger partial charge in [-0.15, -0.1) is 0 Å². The van der Waals surface area contributed by atoms with E-state index in [1.807, 2.05) is 60.7 Å². The second kappa shape index (κ2) is 12.0. The lowest BCUT2D eigenvalue weighted by molar-refractivity contribution is -0.126. The highest BCUT2D eigenvalue weighted by Gasteiger charge is 2.24. The summed E-state index contributed by atoms with van der Waals surface area (Å²) in [5, 5.41) is 5.09. The van der Waals surface area contributed by atoms with Gasteiger partial charge in [-0.1, -0.05) is 60.7 Å². The Labute approximate surface area is 174 Å². The summed E-state index contributed by atoms with van der Waals surface area (Å²) < 4.78 is 5.20. The van der Waals surface area contributed by atoms with Crippen LogP contribution in [-0.2, 0) is 32.1 Å². The molecule has 0 aliphatic carbocycles. The standard InChI is InChI=1S/C22H25N3O5/c23-20(27)12-11-18(14-26)24-21(28)19(13-16-7-3-1-4-8-16)25-22(29)30-15-17-9-5-2-6-10-17/h1-10,14,18-19H,11-13,15H2,(H2,23,27)(H,24,28)(H,25,29)/t18-,19-/m0/s1. The molecule has 2 aromatic carbocycles. The highest BCUT2D eigenvalue weighted by Crippen LogP contribution is 2.06. The van der Waals surface area contributed by atoms with Crippen LogP contribution in [0.5, 0.6) is 0 Å². The highest BCUT2D eigenvalue weighted by atomic mass is 16.5. The summed E-state index contributed by atoms with van der Waals surface area (Å²) in [6.07, 6.45) is 0.0262. The van der Waals surface area contributed by atoms with Crippen molar-refractivity contribution < 1.29 is 23.9 Å². The van der Waals surface area contributed by atoms with Crippen LogP contribution in [0.1, 0.15) is 24.0 Å². The van der Waals surface area contributed by atoms with Crippen LogP contribution in [0.15, 0.2) is 60.7 Å². The molecule has 0 radical (unpaired) electrons. The Morgan fingerprint density at radius 2 is 1.53 bits per heavy atom. The van der Waals surface area contributed by atoms with Crippen molar-refractivity contribution >= 4 is 24.2 Å². The molecule has 8 nitrogen and oxygen atoms in total. The molecule has 4 N–H and O–H groups in total. The number of carbonyl (C=O) groups is 4. The molecule has 8 heteroatoms. The predicted molar refractivity (Wildman–Crippen MR) is 110 cm³/mol. The minimum atomic E-state index is -0.966. The first-order chi connectivity index (χ1) is 14.5. The zero-order valence-electron chi connectivity index (χ0n) is 16.5. The SMILES string of the molecule is NC(=O)CC[C@@H](C=O)NC(=O)[C@H](Cc1ccccc1)NC(=O)OCc1ccccc1. The molecule has 0 saturated carbocycles. The summed E-state index contributed by atoms with van der Waals surface area (Å²) >= 11 is 0. The summed E-state index contributed by atoms with van der Waals surface area (Å²) in [4.78, 5) is 47.1. The fourth-order valence-electron chi connectivity index (χ4n) is 2.72. The van der Waals surface area contributed by atoms with Gasteiger partial charge >= 0.3 is 6.09 Å². The molecule has 0 unspecified atom stereocenters. The minimum absolute atomic E-state index is 0.0421. The maximum Gasteiger partial charge on any atom is 0.408 e. The normalized spacial score (nSPS) is 12.3. The smallest absolute Gasteiger partial charge is 0.408 e. The number of ether oxygens (including phenoxy) is 1. The van der Waals surface area contributed by atoms with E-state index in [1.54, 1.807) is 0 Å². The second-order valence-electron chi connectivity index (χ2n) is 6.70. The summed E-state index contributed by atoms with van der Waals surface area (Å²) in [7, 11) is 0. The van der Waals surface area contributed by atoms with E-state index in [2.05, 4.69) is 10.6 Å². The van der Waals surface area contributed by atoms with Gasteiger partial charge in [-0.2, -0.15) is 0 Å². The van der Waals surface area contributed by atoms with Crippen molar-refractivity contribution in [3.05, 3.63) is 71.8 Å². The lowest BCUT2D eigenvalue weighted by Gasteiger charge is -2.21. The number of primary amides is 1. The second-order valence-corrected chi connectivity index (χ2v) is 6.70. The van der Waals surface area contributed by atoms with Gasteiger partial charge in [0.25, 0.3) is 0 Å². The van der Waals surface area contributed by atoms with Crippen LogP contribution < -0.4 is 16.4 Å². The molecule has 30 heavy (non-hydrogen) atoms. The van der Waals surface area contributed by atoms with Crippen LogP contribution in [0.2, 0.25) is 0 Å². The zero-order valence-corrected chi connectivity index (χ0v) is 16.5. The van der Waals surface area contributed by atoms with Gasteiger partial charge in [-0.3, -0.25) is 9.59 Å². The molecule has 0 aromatic heterocycles. The molecule has 0 bridgehead atoms. The molecule has 0 saturated heterocycles. The molecule has 2 atom stereocenters. The summed E-state index contributed by atoms with van der Waals surface area (Å²) in [5.74, 6) is -1.13. The van der Waals surface area contributed by atoms with Crippen LogP contribution in [0, 0.1) is 0 Å². The number of hydrogen-bond donors (Lipinski definition) is 3. The third kappa shape index (κ3) is 8.14. The molecule has 0 heterocycles. The number of aldehydes is 1. The first-order valence-corrected chi connectivity index (χ1v) is 9.53. The highest BCUT2D eigenvalue weighted by molar-refractivity contribution is 5.88. The van der Waals surface area contributed by atoms with Gasteiger partial charge in [-0.25, -0.2) is 4.79 Å². The quantitative estimate of drug-likeness (QED) is 0.483. The number of amides is 3. The van der Waals surface area contributed by atoms with Gasteiger partial charge in [0.15, 0.2) is 0 Å². The molecule has 0 spiro atoms. The molecule has 2 aromatic rings. The fourth-order valence-corrected chi connectivity index (χ4v) is 2.72. The van der Waals surface area contributed by atoms with Crippen LogP contribution in [0.3, 0.4) is 0 Å². The summed E-state index contributed by atoms with van der Waals surface area (Å²) in [6.45, 7) is 0.0575. The average Bonchev–Trinajstić information content (AvgIpc) is 2.76. The molecule has 0 fully saturated rings. The maximum atomic E-state index is 12.7. The van der Waals surface area contributed by atoms with Crippen molar-refractivity contribution in [1.29, 1.82) is 0 Å². The molecule has 158 valence electrons. The van der Waals surface area contributed by atoms with Gasteiger partial charge in [0.05, 0.1) is 6.04 Å². The molecule has 2 rings (SSSR count). The van der Waals surface area contributed by atoms with Crippen molar-refractivity contribution in [3.8, 4) is 0 Å². The monoisotopic (exact) mass is 411 g/mol. The Morgan fingerprint density at radius 3 is 2.10 bits per heavy atom. The topological polar surface area (TPSA) is 128 Å². The van der Waals surface area contributed by atoms with Gasteiger partial charge in [0.2, 0.25) is 11.8 Å². The molecule has 0 aliphatic heterocycles. The minimum Gasteiger partial charge on any atom is -0.445 e. The zero-order chi connectivity index (χ0) is 21.8. The number of benzene rings is 2. The Hall–Kier alpha value is -3.68. The van der Waals surface area contributed by atoms with E-state index in [4.69, 9.17) is 10.5 Å². The van der Waals surface area contributed by atoms with Crippen molar-refractivity contribution in [1.82, 2.24) is 10.6 Å². The third-order valence-electron chi connectivity index (χ3n) is 4.30. The lowest BCUT2D eigenvalue weighted by Crippen LogP contribution is -2.51. The van der Waals surface area contributed by atoms with Crippen molar-refractivity contribution in [3.63, 3.8) is 0 Å². The van der Waals surface area contributed by atoms with Crippen LogP contribution >= 0.6 is 0 Å². The fraction of sp³-hybridized carbons (Fsp3) is 0.273. The van der Waals surface area contributed by atoms with Crippen molar-refractivity contribution in [2.75, 3.05) is 0 Å². The van der Waals surface area contributed by atoms with Gasteiger partial charge in [-0.05, 0) is 17.5 Å². The number of alkyl carbamates (subject to hydrolysis) is 1. The third-order valence-corrected chi connectivity index (χ3v) is 4.30. The molecular formula is C22H25N3O5. The molecular weight excluding hydrogens is 386 g/mol. The number of hydrogen-bond acceptors (Lipinski definition) is 5. The van der Waals surface area contributed by atoms with E-state index in [1.165, 1.54) is 0 Å². The number of nitrogens with one attached hydrogen (secondary N) is 2. The number of rotatable bonds is 11. The Kier molecular flexibility index (Phi) is 9.05. The first kappa shape index (κ1) is 22.6. The van der Waals surface area contributed by atoms with Gasteiger partial charge < -0.3 is 25.9 Å². The molecule has 3 amide bonds. The maximum absolute atomic E-state index is 12.7. The Balaban J connectivity index is 2.01. The van der Waals surface area contributed by atoms with E-state index in [0.717, 1.165) is 11.1 Å². The summed E-state index contributed by atoms with van der Waals surface area (Å²) in [6, 6.07) is 16.4. The van der Waals surface area contributed by atoms with E-state index in [9.17, 15) is 19.2 Å². The van der Waals surface area contributed by atoms with Crippen LogP contribution in [0.4, 0.5) is 4.79 Å². The Morgan fingerprint density at radius 1 is 0.933 bits per heavy atom. The largest absolute Gasteiger partial charge is 0.445 e. The van der Waals surface area contributed by atoms with Crippen LogP contribution in [0.25, 0.3) is 0 Å². The van der Waals surface area contributed by atoms with E-state index >= 15 is 0 Å². The van der Waals surface area contributed by atoms with Crippen LogP contribution in [-0.4, -0.2) is 36.3 Å². The summed E-state index contributed by atoms with van der Waals surface area (Å²) in [5.41, 5.74) is 6.72. The molecule has 0 aliphatic rings. The van der Waals surface area contributed by atoms with Gasteiger partial charge in [0, 0.05) is 12.8 Å². The van der Waals surface area contributed by atoms with Crippen molar-refractivity contribution in [2.45, 2.75) is 38.0 Å². The average molecular weight is 411 g/mol. The number of nitrogens with two attached hydrogens (primary N) is 1. The lowest BCUT2D eigenvalue weighted by atomic mass is 10.0. The van der Waals surface area contributed by atoms with Crippen molar-refractivity contribution in [2.24, 2.45) is 5.73 Å². The van der Waals surface area contributed by atoms with E-state index in [-0.39, 0.29) is 25.9 Å². The van der Waals surface area contributed by atoms with E-state index in [0.29, 0.717) is 6.29 Å². The number of carbonyl (C=O) groups excluding carboxylic acids is 4. The van der Waals surface area contributed by atoms with E-state index < -0.39 is 30.0 Å². The predicted octanol–water partition coefficient (Wildman–Crippen LogP) is 1.47. The Bertz CT molecular complexity index is 842. The van der Waals surface area contributed by atoms with Gasteiger partial charge in [0.1, 0.15) is 18.9 Å².